The van der Waals surface area contributed by atoms with Crippen molar-refractivity contribution in [3.05, 3.63) is 12.2 Å². The van der Waals surface area contributed by atoms with E-state index in [0.717, 1.165) is 12.2 Å². The summed E-state index contributed by atoms with van der Waals surface area (Å²) >= 11 is 0. The maximum absolute atomic E-state index is 12.0. The largest absolute Gasteiger partial charge is 0.351 e. The molecule has 0 spiro atoms. The fraction of sp³-hybridized carbons (Fsp3) is 0.786. The number of nitrogens with one attached hydrogen (secondary N) is 1. The topological polar surface area (TPSA) is 59.8 Å². The molecule has 1 aromatic heterocycles. The summed E-state index contributed by atoms with van der Waals surface area (Å²) in [7, 11) is 0. The Labute approximate surface area is 113 Å². The molecule has 2 aliphatic carbocycles. The molecule has 0 aromatic carbocycles. The third kappa shape index (κ3) is 3.14. The standard InChI is InChI=1S/C14H22N4O/c1-10-4-2-3-5-12(10)16-13(19)8-18-9-15-14(17-18)11-6-7-11/h9-12H,2-8H2,1H3,(H,16,19). The number of carbonyl (C=O) groups is 1. The van der Waals surface area contributed by atoms with Crippen molar-refractivity contribution in [2.75, 3.05) is 0 Å². The van der Waals surface area contributed by atoms with E-state index in [1.54, 1.807) is 11.0 Å². The van der Waals surface area contributed by atoms with Gasteiger partial charge in [-0.3, -0.25) is 4.79 Å². The maximum atomic E-state index is 12.0. The van der Waals surface area contributed by atoms with Crippen LogP contribution in [0.4, 0.5) is 0 Å². The van der Waals surface area contributed by atoms with Gasteiger partial charge < -0.3 is 5.32 Å². The van der Waals surface area contributed by atoms with Crippen molar-refractivity contribution in [1.29, 1.82) is 0 Å². The van der Waals surface area contributed by atoms with Crippen LogP contribution in [0.15, 0.2) is 6.33 Å². The lowest BCUT2D eigenvalue weighted by Crippen LogP contribution is -2.42. The molecule has 1 N–H and O–H groups in total. The van der Waals surface area contributed by atoms with Gasteiger partial charge in [0.05, 0.1) is 0 Å². The van der Waals surface area contributed by atoms with Crippen molar-refractivity contribution in [1.82, 2.24) is 20.1 Å². The Morgan fingerprint density at radius 3 is 2.89 bits per heavy atom. The minimum absolute atomic E-state index is 0.0611. The summed E-state index contributed by atoms with van der Waals surface area (Å²) in [4.78, 5) is 16.3. The van der Waals surface area contributed by atoms with Crippen molar-refractivity contribution >= 4 is 5.91 Å². The van der Waals surface area contributed by atoms with E-state index >= 15 is 0 Å². The Hall–Kier alpha value is -1.39. The van der Waals surface area contributed by atoms with E-state index in [2.05, 4.69) is 22.3 Å². The van der Waals surface area contributed by atoms with Crippen LogP contribution in [0.25, 0.3) is 0 Å². The molecule has 0 saturated heterocycles. The Balaban J connectivity index is 1.52. The highest BCUT2D eigenvalue weighted by molar-refractivity contribution is 5.75. The van der Waals surface area contributed by atoms with Crippen molar-refractivity contribution in [2.24, 2.45) is 5.92 Å². The SMILES string of the molecule is CC1CCCCC1NC(=O)Cn1cnc(C2CC2)n1. The molecular formula is C14H22N4O. The summed E-state index contributed by atoms with van der Waals surface area (Å²) in [6.45, 7) is 2.52. The van der Waals surface area contributed by atoms with Gasteiger partial charge in [0.2, 0.25) is 5.91 Å². The highest BCUT2D eigenvalue weighted by Crippen LogP contribution is 2.37. The number of hydrogen-bond acceptors (Lipinski definition) is 3. The Morgan fingerprint density at radius 1 is 1.37 bits per heavy atom. The average Bonchev–Trinajstić information content (AvgIpc) is 3.14. The molecule has 5 heteroatoms. The molecule has 1 amide bonds. The van der Waals surface area contributed by atoms with E-state index in [1.165, 1.54) is 32.1 Å². The van der Waals surface area contributed by atoms with Crippen LogP contribution < -0.4 is 5.32 Å². The first-order valence-electron chi connectivity index (χ1n) is 7.41. The smallest absolute Gasteiger partial charge is 0.242 e. The molecule has 2 saturated carbocycles. The average molecular weight is 262 g/mol. The normalized spacial score (nSPS) is 27.2. The van der Waals surface area contributed by atoms with Gasteiger partial charge in [-0.15, -0.1) is 0 Å². The lowest BCUT2D eigenvalue weighted by atomic mass is 9.86. The predicted molar refractivity (Wildman–Crippen MR) is 71.6 cm³/mol. The molecule has 5 nitrogen and oxygen atoms in total. The van der Waals surface area contributed by atoms with Gasteiger partial charge in [-0.1, -0.05) is 19.8 Å². The first kappa shape index (κ1) is 12.6. The molecule has 2 atom stereocenters. The van der Waals surface area contributed by atoms with Crippen LogP contribution in [0.5, 0.6) is 0 Å². The highest BCUT2D eigenvalue weighted by Gasteiger charge is 2.28. The molecule has 1 aromatic rings. The second kappa shape index (κ2) is 5.31. The van der Waals surface area contributed by atoms with Gasteiger partial charge in [-0.2, -0.15) is 5.10 Å². The Bertz CT molecular complexity index is 452. The van der Waals surface area contributed by atoms with Crippen LogP contribution in [0.1, 0.15) is 57.2 Å². The molecule has 0 aliphatic heterocycles. The van der Waals surface area contributed by atoms with Gasteiger partial charge in [0, 0.05) is 12.0 Å². The number of rotatable bonds is 4. The fourth-order valence-electron chi connectivity index (χ4n) is 2.84. The predicted octanol–water partition coefficient (Wildman–Crippen LogP) is 1.85. The van der Waals surface area contributed by atoms with Crippen LogP contribution >= 0.6 is 0 Å². The Kier molecular flexibility index (Phi) is 3.53. The van der Waals surface area contributed by atoms with Crippen LogP contribution in [-0.2, 0) is 11.3 Å². The van der Waals surface area contributed by atoms with Gasteiger partial charge in [-0.25, -0.2) is 9.67 Å². The van der Waals surface area contributed by atoms with E-state index in [0.29, 0.717) is 24.4 Å². The Morgan fingerprint density at radius 2 is 2.16 bits per heavy atom. The zero-order valence-corrected chi connectivity index (χ0v) is 11.5. The molecule has 0 bridgehead atoms. The van der Waals surface area contributed by atoms with Crippen molar-refractivity contribution in [3.63, 3.8) is 0 Å². The van der Waals surface area contributed by atoms with Crippen LogP contribution in [-0.4, -0.2) is 26.7 Å². The van der Waals surface area contributed by atoms with Gasteiger partial charge in [-0.05, 0) is 31.6 Å². The maximum Gasteiger partial charge on any atom is 0.242 e. The van der Waals surface area contributed by atoms with Crippen LogP contribution in [0, 0.1) is 5.92 Å². The number of aromatic nitrogens is 3. The molecule has 2 fully saturated rings. The van der Waals surface area contributed by atoms with Gasteiger partial charge in [0.1, 0.15) is 12.9 Å². The minimum atomic E-state index is 0.0611. The van der Waals surface area contributed by atoms with Crippen molar-refractivity contribution < 1.29 is 4.79 Å². The molecular weight excluding hydrogens is 240 g/mol. The molecule has 104 valence electrons. The number of nitrogens with zero attached hydrogens (tertiary/aromatic N) is 3. The van der Waals surface area contributed by atoms with E-state index in [9.17, 15) is 4.79 Å². The summed E-state index contributed by atoms with van der Waals surface area (Å²) in [5, 5.41) is 7.51. The third-order valence-electron chi connectivity index (χ3n) is 4.26. The zero-order chi connectivity index (χ0) is 13.2. The summed E-state index contributed by atoms with van der Waals surface area (Å²) in [5.41, 5.74) is 0. The summed E-state index contributed by atoms with van der Waals surface area (Å²) in [6, 6.07) is 0.340. The molecule has 2 unspecified atom stereocenters. The van der Waals surface area contributed by atoms with Crippen LogP contribution in [0.2, 0.25) is 0 Å². The zero-order valence-electron chi connectivity index (χ0n) is 11.5. The van der Waals surface area contributed by atoms with Gasteiger partial charge in [0.15, 0.2) is 5.82 Å². The van der Waals surface area contributed by atoms with Crippen LogP contribution in [0.3, 0.4) is 0 Å². The first-order valence-corrected chi connectivity index (χ1v) is 7.41. The number of hydrogen-bond donors (Lipinski definition) is 1. The summed E-state index contributed by atoms with van der Waals surface area (Å²) < 4.78 is 1.66. The molecule has 19 heavy (non-hydrogen) atoms. The summed E-state index contributed by atoms with van der Waals surface area (Å²) in [5.74, 6) is 2.10. The van der Waals surface area contributed by atoms with E-state index < -0.39 is 0 Å². The molecule has 1 heterocycles. The second-order valence-corrected chi connectivity index (χ2v) is 6.01. The fourth-order valence-corrected chi connectivity index (χ4v) is 2.84. The van der Waals surface area contributed by atoms with E-state index in [4.69, 9.17) is 0 Å². The second-order valence-electron chi connectivity index (χ2n) is 6.01. The van der Waals surface area contributed by atoms with Crippen molar-refractivity contribution in [3.8, 4) is 0 Å². The lowest BCUT2D eigenvalue weighted by Gasteiger charge is -2.29. The molecule has 0 radical (unpaired) electrons. The van der Waals surface area contributed by atoms with Crippen molar-refractivity contribution in [2.45, 2.75) is 64.0 Å². The van der Waals surface area contributed by atoms with E-state index in [1.807, 2.05) is 0 Å². The summed E-state index contributed by atoms with van der Waals surface area (Å²) in [6.07, 6.45) is 8.91. The minimum Gasteiger partial charge on any atom is -0.351 e. The highest BCUT2D eigenvalue weighted by atomic mass is 16.2. The number of carbonyl (C=O) groups excluding carboxylic acids is 1. The monoisotopic (exact) mass is 262 g/mol. The molecule has 3 rings (SSSR count). The lowest BCUT2D eigenvalue weighted by molar-refractivity contribution is -0.123. The van der Waals surface area contributed by atoms with Gasteiger partial charge >= 0.3 is 0 Å². The third-order valence-corrected chi connectivity index (χ3v) is 4.26. The first-order chi connectivity index (χ1) is 9.22. The number of amides is 1. The molecule has 2 aliphatic rings. The quantitative estimate of drug-likeness (QED) is 0.901. The van der Waals surface area contributed by atoms with Gasteiger partial charge in [0.25, 0.3) is 0 Å². The van der Waals surface area contributed by atoms with E-state index in [-0.39, 0.29) is 5.91 Å².